The van der Waals surface area contributed by atoms with Gasteiger partial charge in [0, 0.05) is 0 Å². The first-order chi connectivity index (χ1) is 5.14. The van der Waals surface area contributed by atoms with E-state index in [1.54, 1.807) is 0 Å². The van der Waals surface area contributed by atoms with Crippen LogP contribution in [-0.2, 0) is 0 Å². The predicted octanol–water partition coefficient (Wildman–Crippen LogP) is 1.55. The van der Waals surface area contributed by atoms with E-state index in [0.717, 1.165) is 12.8 Å². The Morgan fingerprint density at radius 3 is 2.64 bits per heavy atom. The van der Waals surface area contributed by atoms with E-state index in [4.69, 9.17) is 10.4 Å². The van der Waals surface area contributed by atoms with Gasteiger partial charge in [0.05, 0.1) is 18.1 Å². The molecule has 1 rings (SSSR count). The van der Waals surface area contributed by atoms with Crippen molar-refractivity contribution < 1.29 is 5.11 Å². The van der Waals surface area contributed by atoms with Gasteiger partial charge in [-0.3, -0.25) is 0 Å². The molecule has 0 aromatic heterocycles. The van der Waals surface area contributed by atoms with Gasteiger partial charge in [-0.2, -0.15) is 5.26 Å². The lowest BCUT2D eigenvalue weighted by atomic mass is 10.00. The fraction of sp³-hybridized carbons (Fsp3) is 0.889. The molecule has 0 amide bonds. The van der Waals surface area contributed by atoms with Crippen LogP contribution in [0.15, 0.2) is 0 Å². The lowest BCUT2D eigenvalue weighted by molar-refractivity contribution is 0.230. The van der Waals surface area contributed by atoms with Crippen molar-refractivity contribution in [2.24, 2.45) is 17.3 Å². The van der Waals surface area contributed by atoms with E-state index in [1.807, 2.05) is 0 Å². The standard InChI is InChI=1S/C9H15NO/c1-7(2)3-8-4-9(8,5-10)6-11/h7-8,11H,3-4,6H2,1-2H3. The summed E-state index contributed by atoms with van der Waals surface area (Å²) >= 11 is 0. The normalized spacial score (nSPS) is 35.4. The number of aliphatic hydroxyl groups excluding tert-OH is 1. The van der Waals surface area contributed by atoms with Crippen molar-refractivity contribution >= 4 is 0 Å². The van der Waals surface area contributed by atoms with Crippen LogP contribution in [0.2, 0.25) is 0 Å². The molecular formula is C9H15NO. The Bertz CT molecular complexity index is 182. The molecule has 2 nitrogen and oxygen atoms in total. The minimum absolute atomic E-state index is 0.0425. The molecule has 0 saturated heterocycles. The van der Waals surface area contributed by atoms with Crippen molar-refractivity contribution in [3.63, 3.8) is 0 Å². The number of nitrogens with zero attached hydrogens (tertiary/aromatic N) is 1. The maximum absolute atomic E-state index is 8.92. The smallest absolute Gasteiger partial charge is 0.0836 e. The Balaban J connectivity index is 2.40. The maximum atomic E-state index is 8.92. The van der Waals surface area contributed by atoms with Crippen molar-refractivity contribution in [3.8, 4) is 6.07 Å². The lowest BCUT2D eigenvalue weighted by Crippen LogP contribution is -2.07. The highest BCUT2D eigenvalue weighted by Crippen LogP contribution is 2.54. The van der Waals surface area contributed by atoms with Gasteiger partial charge >= 0.3 is 0 Å². The molecule has 1 aliphatic carbocycles. The van der Waals surface area contributed by atoms with E-state index in [2.05, 4.69) is 19.9 Å². The third-order valence-corrected chi connectivity index (χ3v) is 2.49. The first-order valence-corrected chi connectivity index (χ1v) is 4.17. The van der Waals surface area contributed by atoms with Crippen molar-refractivity contribution in [2.75, 3.05) is 6.61 Å². The van der Waals surface area contributed by atoms with Gasteiger partial charge in [-0.25, -0.2) is 0 Å². The minimum Gasteiger partial charge on any atom is -0.395 e. The zero-order valence-corrected chi connectivity index (χ0v) is 7.17. The van der Waals surface area contributed by atoms with Gasteiger partial charge in [-0.05, 0) is 24.7 Å². The zero-order valence-electron chi connectivity index (χ0n) is 7.17. The van der Waals surface area contributed by atoms with Gasteiger partial charge < -0.3 is 5.11 Å². The first-order valence-electron chi connectivity index (χ1n) is 4.17. The van der Waals surface area contributed by atoms with Crippen molar-refractivity contribution in [1.82, 2.24) is 0 Å². The molecule has 0 aromatic rings. The largest absolute Gasteiger partial charge is 0.395 e. The van der Waals surface area contributed by atoms with E-state index in [-0.39, 0.29) is 12.0 Å². The number of rotatable bonds is 3. The van der Waals surface area contributed by atoms with E-state index in [1.165, 1.54) is 0 Å². The van der Waals surface area contributed by atoms with Crippen molar-refractivity contribution in [3.05, 3.63) is 0 Å². The summed E-state index contributed by atoms with van der Waals surface area (Å²) < 4.78 is 0. The first kappa shape index (κ1) is 8.55. The summed E-state index contributed by atoms with van der Waals surface area (Å²) in [6.45, 7) is 4.34. The summed E-state index contributed by atoms with van der Waals surface area (Å²) in [6.07, 6.45) is 1.98. The van der Waals surface area contributed by atoms with Gasteiger partial charge in [0.25, 0.3) is 0 Å². The number of hydrogen-bond acceptors (Lipinski definition) is 2. The van der Waals surface area contributed by atoms with Crippen LogP contribution < -0.4 is 0 Å². The Hall–Kier alpha value is -0.550. The molecule has 1 N–H and O–H groups in total. The fourth-order valence-corrected chi connectivity index (χ4v) is 1.62. The van der Waals surface area contributed by atoms with E-state index < -0.39 is 0 Å². The number of nitriles is 1. The van der Waals surface area contributed by atoms with Crippen molar-refractivity contribution in [2.45, 2.75) is 26.7 Å². The average Bonchev–Trinajstić information content (AvgIpc) is 2.63. The second-order valence-electron chi connectivity index (χ2n) is 3.96. The molecule has 2 atom stereocenters. The average molecular weight is 153 g/mol. The highest BCUT2D eigenvalue weighted by molar-refractivity contribution is 5.15. The van der Waals surface area contributed by atoms with Crippen LogP contribution in [-0.4, -0.2) is 11.7 Å². The van der Waals surface area contributed by atoms with Crippen LogP contribution in [0.1, 0.15) is 26.7 Å². The molecule has 2 unspecified atom stereocenters. The Morgan fingerprint density at radius 1 is 1.73 bits per heavy atom. The van der Waals surface area contributed by atoms with E-state index >= 15 is 0 Å². The highest BCUT2D eigenvalue weighted by atomic mass is 16.3. The molecule has 0 bridgehead atoms. The topological polar surface area (TPSA) is 44.0 Å². The third-order valence-electron chi connectivity index (χ3n) is 2.49. The number of hydrogen-bond donors (Lipinski definition) is 1. The summed E-state index contributed by atoms with van der Waals surface area (Å²) in [5.74, 6) is 1.10. The molecule has 1 fully saturated rings. The summed E-state index contributed by atoms with van der Waals surface area (Å²) in [6, 6.07) is 2.21. The third kappa shape index (κ3) is 1.54. The molecule has 0 radical (unpaired) electrons. The highest BCUT2D eigenvalue weighted by Gasteiger charge is 2.54. The second-order valence-corrected chi connectivity index (χ2v) is 3.96. The molecule has 11 heavy (non-hydrogen) atoms. The van der Waals surface area contributed by atoms with Gasteiger partial charge in [0.1, 0.15) is 0 Å². The molecule has 0 heterocycles. The molecule has 1 saturated carbocycles. The van der Waals surface area contributed by atoms with Gasteiger partial charge in [0.2, 0.25) is 0 Å². The quantitative estimate of drug-likeness (QED) is 0.668. The summed E-state index contributed by atoms with van der Waals surface area (Å²) in [5, 5.41) is 17.6. The van der Waals surface area contributed by atoms with Gasteiger partial charge in [0.15, 0.2) is 0 Å². The van der Waals surface area contributed by atoms with Crippen LogP contribution in [0.4, 0.5) is 0 Å². The SMILES string of the molecule is CC(C)CC1CC1(C#N)CO. The summed E-state index contributed by atoms with van der Waals surface area (Å²) in [5.41, 5.74) is -0.357. The predicted molar refractivity (Wildman–Crippen MR) is 42.7 cm³/mol. The fourth-order valence-electron chi connectivity index (χ4n) is 1.62. The van der Waals surface area contributed by atoms with Gasteiger partial charge in [-0.1, -0.05) is 13.8 Å². The molecule has 62 valence electrons. The van der Waals surface area contributed by atoms with Crippen molar-refractivity contribution in [1.29, 1.82) is 5.26 Å². The van der Waals surface area contributed by atoms with Crippen LogP contribution in [0.5, 0.6) is 0 Å². The Morgan fingerprint density at radius 2 is 2.36 bits per heavy atom. The summed E-state index contributed by atoms with van der Waals surface area (Å²) in [4.78, 5) is 0. The molecule has 0 aromatic carbocycles. The molecule has 1 aliphatic rings. The van der Waals surface area contributed by atoms with Crippen LogP contribution >= 0.6 is 0 Å². The Kier molecular flexibility index (Phi) is 2.20. The zero-order chi connectivity index (χ0) is 8.48. The van der Waals surface area contributed by atoms with Crippen LogP contribution in [0.25, 0.3) is 0 Å². The van der Waals surface area contributed by atoms with Crippen LogP contribution in [0.3, 0.4) is 0 Å². The Labute approximate surface area is 67.8 Å². The maximum Gasteiger partial charge on any atom is 0.0836 e. The second kappa shape index (κ2) is 2.83. The monoisotopic (exact) mass is 153 g/mol. The van der Waals surface area contributed by atoms with E-state index in [0.29, 0.717) is 11.8 Å². The molecular weight excluding hydrogens is 138 g/mol. The van der Waals surface area contributed by atoms with E-state index in [9.17, 15) is 0 Å². The van der Waals surface area contributed by atoms with Gasteiger partial charge in [-0.15, -0.1) is 0 Å². The molecule has 2 heteroatoms. The molecule has 0 spiro atoms. The lowest BCUT2D eigenvalue weighted by Gasteiger charge is -2.05. The summed E-state index contributed by atoms with van der Waals surface area (Å²) in [7, 11) is 0. The molecule has 0 aliphatic heterocycles. The minimum atomic E-state index is -0.357. The van der Waals surface area contributed by atoms with Crippen LogP contribution in [0, 0.1) is 28.6 Å². The number of aliphatic hydroxyl groups is 1.